The SMILES string of the molecule is CC(=O)N/C(C#N)=C/c1ccc2c(c1)OCO2. The predicted molar refractivity (Wildman–Crippen MR) is 60.0 cm³/mol. The van der Waals surface area contributed by atoms with Crippen LogP contribution in [0.15, 0.2) is 23.9 Å². The predicted octanol–water partition coefficient (Wildman–Crippen LogP) is 1.42. The summed E-state index contributed by atoms with van der Waals surface area (Å²) in [5.74, 6) is 1.04. The van der Waals surface area contributed by atoms with Gasteiger partial charge in [0.2, 0.25) is 12.7 Å². The topological polar surface area (TPSA) is 71.4 Å². The van der Waals surface area contributed by atoms with Crippen molar-refractivity contribution in [2.75, 3.05) is 6.79 Å². The van der Waals surface area contributed by atoms with Crippen molar-refractivity contribution in [1.29, 1.82) is 5.26 Å². The lowest BCUT2D eigenvalue weighted by Gasteiger charge is -2.00. The van der Waals surface area contributed by atoms with E-state index in [0.717, 1.165) is 5.56 Å². The molecule has 17 heavy (non-hydrogen) atoms. The number of benzene rings is 1. The zero-order valence-corrected chi connectivity index (χ0v) is 9.19. The maximum atomic E-state index is 10.8. The highest BCUT2D eigenvalue weighted by Gasteiger charge is 2.12. The van der Waals surface area contributed by atoms with Gasteiger partial charge in [0.25, 0.3) is 0 Å². The van der Waals surface area contributed by atoms with Crippen LogP contribution in [0.5, 0.6) is 11.5 Å². The first-order valence-electron chi connectivity index (χ1n) is 4.98. The Balaban J connectivity index is 2.25. The summed E-state index contributed by atoms with van der Waals surface area (Å²) in [6.45, 7) is 1.56. The number of rotatable bonds is 2. The summed E-state index contributed by atoms with van der Waals surface area (Å²) in [5.41, 5.74) is 0.955. The Labute approximate surface area is 98.3 Å². The molecule has 1 aromatic rings. The van der Waals surface area contributed by atoms with Crippen molar-refractivity contribution in [2.24, 2.45) is 0 Å². The van der Waals surface area contributed by atoms with Gasteiger partial charge in [0, 0.05) is 6.92 Å². The molecule has 0 saturated heterocycles. The second kappa shape index (κ2) is 4.58. The lowest BCUT2D eigenvalue weighted by atomic mass is 10.1. The molecule has 1 N–H and O–H groups in total. The second-order valence-corrected chi connectivity index (χ2v) is 3.46. The van der Waals surface area contributed by atoms with Crippen LogP contribution in [0.2, 0.25) is 0 Å². The van der Waals surface area contributed by atoms with E-state index in [1.807, 2.05) is 6.07 Å². The third-order valence-corrected chi connectivity index (χ3v) is 2.14. The van der Waals surface area contributed by atoms with Crippen molar-refractivity contribution < 1.29 is 14.3 Å². The Morgan fingerprint density at radius 3 is 2.94 bits per heavy atom. The van der Waals surface area contributed by atoms with Crippen LogP contribution >= 0.6 is 0 Å². The van der Waals surface area contributed by atoms with Gasteiger partial charge in [-0.1, -0.05) is 6.07 Å². The minimum Gasteiger partial charge on any atom is -0.454 e. The van der Waals surface area contributed by atoms with Crippen molar-refractivity contribution in [3.63, 3.8) is 0 Å². The lowest BCUT2D eigenvalue weighted by molar-refractivity contribution is -0.118. The molecule has 86 valence electrons. The Bertz CT molecular complexity index is 529. The van der Waals surface area contributed by atoms with Crippen molar-refractivity contribution >= 4 is 12.0 Å². The summed E-state index contributed by atoms with van der Waals surface area (Å²) in [4.78, 5) is 10.8. The number of amides is 1. The summed E-state index contributed by atoms with van der Waals surface area (Å²) in [6.07, 6.45) is 1.57. The number of hydrogen-bond acceptors (Lipinski definition) is 4. The van der Waals surface area contributed by atoms with Crippen LogP contribution in [-0.2, 0) is 4.79 Å². The molecule has 2 rings (SSSR count). The maximum Gasteiger partial charge on any atom is 0.231 e. The third kappa shape index (κ3) is 2.55. The molecule has 0 atom stereocenters. The van der Waals surface area contributed by atoms with Gasteiger partial charge in [-0.05, 0) is 23.8 Å². The average molecular weight is 230 g/mol. The molecule has 1 amide bonds. The van der Waals surface area contributed by atoms with Gasteiger partial charge >= 0.3 is 0 Å². The van der Waals surface area contributed by atoms with Crippen LogP contribution in [-0.4, -0.2) is 12.7 Å². The normalized spacial score (nSPS) is 13.1. The van der Waals surface area contributed by atoms with Gasteiger partial charge in [0.15, 0.2) is 11.5 Å². The van der Waals surface area contributed by atoms with Gasteiger partial charge in [-0.2, -0.15) is 5.26 Å². The molecule has 0 aliphatic carbocycles. The highest BCUT2D eigenvalue weighted by atomic mass is 16.7. The lowest BCUT2D eigenvalue weighted by Crippen LogP contribution is -2.17. The summed E-state index contributed by atoms with van der Waals surface area (Å²) in [6, 6.07) is 7.20. The van der Waals surface area contributed by atoms with Crippen LogP contribution in [0.1, 0.15) is 12.5 Å². The van der Waals surface area contributed by atoms with Gasteiger partial charge in [-0.25, -0.2) is 0 Å². The molecule has 0 aromatic heterocycles. The van der Waals surface area contributed by atoms with Gasteiger partial charge in [-0.15, -0.1) is 0 Å². The fraction of sp³-hybridized carbons (Fsp3) is 0.167. The highest BCUT2D eigenvalue weighted by Crippen LogP contribution is 2.32. The molecular formula is C12H10N2O3. The fourth-order valence-corrected chi connectivity index (χ4v) is 1.46. The smallest absolute Gasteiger partial charge is 0.231 e. The van der Waals surface area contributed by atoms with Crippen molar-refractivity contribution in [2.45, 2.75) is 6.92 Å². The van der Waals surface area contributed by atoms with Crippen LogP contribution in [0, 0.1) is 11.3 Å². The number of ether oxygens (including phenoxy) is 2. The first-order chi connectivity index (χ1) is 8.19. The van der Waals surface area contributed by atoms with Gasteiger partial charge in [0.05, 0.1) is 0 Å². The van der Waals surface area contributed by atoms with Crippen LogP contribution in [0.4, 0.5) is 0 Å². The van der Waals surface area contributed by atoms with Crippen LogP contribution in [0.3, 0.4) is 0 Å². The Kier molecular flexibility index (Phi) is 2.97. The number of carbonyl (C=O) groups excluding carboxylic acids is 1. The maximum absolute atomic E-state index is 10.8. The van der Waals surface area contributed by atoms with E-state index >= 15 is 0 Å². The van der Waals surface area contributed by atoms with Crippen molar-refractivity contribution in [3.8, 4) is 17.6 Å². The number of allylic oxidation sites excluding steroid dienone is 1. The van der Waals surface area contributed by atoms with E-state index in [9.17, 15) is 4.79 Å². The number of nitrogens with zero attached hydrogens (tertiary/aromatic N) is 1. The Morgan fingerprint density at radius 1 is 1.47 bits per heavy atom. The Morgan fingerprint density at radius 2 is 2.24 bits per heavy atom. The third-order valence-electron chi connectivity index (χ3n) is 2.14. The highest BCUT2D eigenvalue weighted by molar-refractivity contribution is 5.78. The molecule has 0 saturated carbocycles. The van der Waals surface area contributed by atoms with E-state index in [0.29, 0.717) is 11.5 Å². The van der Waals surface area contributed by atoms with Crippen LogP contribution in [0.25, 0.3) is 6.08 Å². The van der Waals surface area contributed by atoms with E-state index in [2.05, 4.69) is 5.32 Å². The molecular weight excluding hydrogens is 220 g/mol. The van der Waals surface area contributed by atoms with Crippen molar-refractivity contribution in [1.82, 2.24) is 5.32 Å². The number of nitrogens with one attached hydrogen (secondary N) is 1. The number of carbonyl (C=O) groups is 1. The first kappa shape index (κ1) is 11.0. The fourth-order valence-electron chi connectivity index (χ4n) is 1.46. The summed E-state index contributed by atoms with van der Waals surface area (Å²) < 4.78 is 10.4. The Hall–Kier alpha value is -2.48. The molecule has 5 heteroatoms. The van der Waals surface area contributed by atoms with E-state index in [1.54, 1.807) is 24.3 Å². The molecule has 5 nitrogen and oxygen atoms in total. The van der Waals surface area contributed by atoms with Gasteiger partial charge < -0.3 is 14.8 Å². The second-order valence-electron chi connectivity index (χ2n) is 3.46. The molecule has 0 radical (unpaired) electrons. The monoisotopic (exact) mass is 230 g/mol. The molecule has 0 unspecified atom stereocenters. The first-order valence-corrected chi connectivity index (χ1v) is 4.98. The molecule has 0 fully saturated rings. The van der Waals surface area contributed by atoms with E-state index in [-0.39, 0.29) is 18.4 Å². The van der Waals surface area contributed by atoms with Crippen LogP contribution < -0.4 is 14.8 Å². The largest absolute Gasteiger partial charge is 0.454 e. The molecule has 1 aliphatic rings. The summed E-state index contributed by atoms with van der Waals surface area (Å²) in [5, 5.41) is 11.3. The average Bonchev–Trinajstić information content (AvgIpc) is 2.74. The molecule has 0 spiro atoms. The summed E-state index contributed by atoms with van der Waals surface area (Å²) >= 11 is 0. The summed E-state index contributed by atoms with van der Waals surface area (Å²) in [7, 11) is 0. The minimum atomic E-state index is -0.279. The minimum absolute atomic E-state index is 0.191. The van der Waals surface area contributed by atoms with E-state index < -0.39 is 0 Å². The standard InChI is InChI=1S/C12H10N2O3/c1-8(15)14-10(6-13)4-9-2-3-11-12(5-9)17-7-16-11/h2-5H,7H2,1H3,(H,14,15)/b10-4+. The molecule has 1 aliphatic heterocycles. The van der Waals surface area contributed by atoms with E-state index in [4.69, 9.17) is 14.7 Å². The van der Waals surface area contributed by atoms with Crippen molar-refractivity contribution in [3.05, 3.63) is 29.5 Å². The quantitative estimate of drug-likeness (QED) is 0.780. The number of nitriles is 1. The zero-order chi connectivity index (χ0) is 12.3. The number of fused-ring (bicyclic) bond motifs is 1. The molecule has 1 heterocycles. The zero-order valence-electron chi connectivity index (χ0n) is 9.19. The van der Waals surface area contributed by atoms with Gasteiger partial charge in [-0.3, -0.25) is 4.79 Å². The molecule has 0 bridgehead atoms. The van der Waals surface area contributed by atoms with Gasteiger partial charge in [0.1, 0.15) is 11.8 Å². The van der Waals surface area contributed by atoms with E-state index in [1.165, 1.54) is 6.92 Å². The molecule has 1 aromatic carbocycles. The number of hydrogen-bond donors (Lipinski definition) is 1.